The molecule has 0 atom stereocenters. The van der Waals surface area contributed by atoms with E-state index in [4.69, 9.17) is 0 Å². The van der Waals surface area contributed by atoms with Crippen LogP contribution in [-0.4, -0.2) is 5.78 Å². The largest absolute Gasteiger partial charge is 0.300 e. The lowest BCUT2D eigenvalue weighted by Gasteiger charge is -1.91. The third-order valence-corrected chi connectivity index (χ3v) is 1.28. The van der Waals surface area contributed by atoms with E-state index < -0.39 is 0 Å². The summed E-state index contributed by atoms with van der Waals surface area (Å²) in [6, 6.07) is 0. The summed E-state index contributed by atoms with van der Waals surface area (Å²) < 4.78 is 0. The van der Waals surface area contributed by atoms with E-state index in [0.717, 1.165) is 32.1 Å². The maximum atomic E-state index is 10.4. The van der Waals surface area contributed by atoms with Crippen molar-refractivity contribution in [2.45, 2.75) is 39.0 Å². The Labute approximate surface area is 57.5 Å². The SMILES string of the molecule is [CH2+]CCCCCC(C)=O. The second-order valence-corrected chi connectivity index (χ2v) is 2.37. The van der Waals surface area contributed by atoms with E-state index >= 15 is 0 Å². The zero-order valence-electron chi connectivity index (χ0n) is 6.15. The van der Waals surface area contributed by atoms with Gasteiger partial charge in [-0.25, -0.2) is 0 Å². The van der Waals surface area contributed by atoms with Gasteiger partial charge in [0.25, 0.3) is 0 Å². The number of hydrogen-bond acceptors (Lipinski definition) is 1. The Morgan fingerprint density at radius 2 is 2.00 bits per heavy atom. The summed E-state index contributed by atoms with van der Waals surface area (Å²) >= 11 is 0. The first-order chi connectivity index (χ1) is 4.27. The van der Waals surface area contributed by atoms with E-state index in [1.807, 2.05) is 0 Å². The topological polar surface area (TPSA) is 17.1 Å². The third kappa shape index (κ3) is 7.54. The van der Waals surface area contributed by atoms with Crippen LogP contribution in [0.3, 0.4) is 0 Å². The summed E-state index contributed by atoms with van der Waals surface area (Å²) in [5.41, 5.74) is 0. The van der Waals surface area contributed by atoms with Gasteiger partial charge in [-0.2, -0.15) is 0 Å². The minimum Gasteiger partial charge on any atom is -0.300 e. The van der Waals surface area contributed by atoms with Crippen molar-refractivity contribution in [2.75, 3.05) is 0 Å². The highest BCUT2D eigenvalue weighted by Gasteiger charge is 1.92. The minimum absolute atomic E-state index is 0.305. The van der Waals surface area contributed by atoms with E-state index in [9.17, 15) is 4.79 Å². The van der Waals surface area contributed by atoms with Gasteiger partial charge in [0.05, 0.1) is 13.3 Å². The maximum Gasteiger partial charge on any atom is 0.129 e. The number of rotatable bonds is 5. The fourth-order valence-electron chi connectivity index (χ4n) is 0.727. The highest BCUT2D eigenvalue weighted by Crippen LogP contribution is 2.01. The maximum absolute atomic E-state index is 10.4. The number of Topliss-reactive ketones (excluding diaryl/α,β-unsaturated/α-hetero) is 1. The third-order valence-electron chi connectivity index (χ3n) is 1.28. The van der Waals surface area contributed by atoms with Gasteiger partial charge in [-0.05, 0) is 26.2 Å². The van der Waals surface area contributed by atoms with E-state index in [1.54, 1.807) is 6.92 Å². The van der Waals surface area contributed by atoms with Crippen molar-refractivity contribution >= 4 is 5.78 Å². The Balaban J connectivity index is 2.83. The molecule has 1 heteroatoms. The molecular weight excluding hydrogens is 112 g/mol. The molecule has 1 nitrogen and oxygen atoms in total. The Bertz CT molecular complexity index is 76.6. The zero-order chi connectivity index (χ0) is 7.11. The lowest BCUT2D eigenvalue weighted by molar-refractivity contribution is -0.117. The van der Waals surface area contributed by atoms with Crippen molar-refractivity contribution in [3.05, 3.63) is 6.92 Å². The molecule has 0 aromatic heterocycles. The van der Waals surface area contributed by atoms with Crippen molar-refractivity contribution in [3.63, 3.8) is 0 Å². The van der Waals surface area contributed by atoms with Crippen LogP contribution in [0.2, 0.25) is 0 Å². The predicted molar refractivity (Wildman–Crippen MR) is 39.1 cm³/mol. The first-order valence-corrected chi connectivity index (χ1v) is 3.56. The molecule has 0 aliphatic heterocycles. The van der Waals surface area contributed by atoms with E-state index in [0.29, 0.717) is 5.78 Å². The molecular formula is C8H15O+. The monoisotopic (exact) mass is 127 g/mol. The second kappa shape index (κ2) is 5.67. The molecule has 0 unspecified atom stereocenters. The van der Waals surface area contributed by atoms with Crippen LogP contribution in [0.25, 0.3) is 0 Å². The number of unbranched alkanes of at least 4 members (excludes halogenated alkanes) is 3. The van der Waals surface area contributed by atoms with Gasteiger partial charge in [-0.15, -0.1) is 0 Å². The lowest BCUT2D eigenvalue weighted by atomic mass is 10.1. The van der Waals surface area contributed by atoms with Gasteiger partial charge in [0.1, 0.15) is 5.78 Å². The molecule has 0 aliphatic rings. The van der Waals surface area contributed by atoms with Crippen LogP contribution < -0.4 is 0 Å². The second-order valence-electron chi connectivity index (χ2n) is 2.37. The van der Waals surface area contributed by atoms with Crippen molar-refractivity contribution in [1.29, 1.82) is 0 Å². The molecule has 52 valence electrons. The van der Waals surface area contributed by atoms with Gasteiger partial charge in [0.2, 0.25) is 0 Å². The lowest BCUT2D eigenvalue weighted by Crippen LogP contribution is -1.88. The number of ketones is 1. The predicted octanol–water partition coefficient (Wildman–Crippen LogP) is 2.36. The van der Waals surface area contributed by atoms with Crippen LogP contribution in [-0.2, 0) is 4.79 Å². The van der Waals surface area contributed by atoms with Crippen LogP contribution in [0.5, 0.6) is 0 Å². The molecule has 0 aromatic carbocycles. The van der Waals surface area contributed by atoms with E-state index in [-0.39, 0.29) is 0 Å². The van der Waals surface area contributed by atoms with Gasteiger partial charge < -0.3 is 4.79 Å². The zero-order valence-corrected chi connectivity index (χ0v) is 6.15. The Morgan fingerprint density at radius 1 is 1.33 bits per heavy atom. The average Bonchev–Trinajstić information content (AvgIpc) is 1.80. The highest BCUT2D eigenvalue weighted by atomic mass is 16.1. The van der Waals surface area contributed by atoms with Gasteiger partial charge in [0.15, 0.2) is 0 Å². The highest BCUT2D eigenvalue weighted by molar-refractivity contribution is 5.75. The quantitative estimate of drug-likeness (QED) is 0.409. The Morgan fingerprint density at radius 3 is 2.44 bits per heavy atom. The molecule has 0 aliphatic carbocycles. The van der Waals surface area contributed by atoms with Gasteiger partial charge >= 0.3 is 0 Å². The van der Waals surface area contributed by atoms with Gasteiger partial charge in [0, 0.05) is 6.42 Å². The van der Waals surface area contributed by atoms with Crippen LogP contribution in [0.4, 0.5) is 0 Å². The van der Waals surface area contributed by atoms with Crippen LogP contribution >= 0.6 is 0 Å². The van der Waals surface area contributed by atoms with Gasteiger partial charge in [-0.3, -0.25) is 0 Å². The fraction of sp³-hybridized carbons (Fsp3) is 0.750. The van der Waals surface area contributed by atoms with Crippen LogP contribution in [0, 0.1) is 6.92 Å². The summed E-state index contributed by atoms with van der Waals surface area (Å²) in [5.74, 6) is 0.305. The molecule has 0 fully saturated rings. The molecule has 0 aromatic rings. The van der Waals surface area contributed by atoms with Crippen molar-refractivity contribution in [2.24, 2.45) is 0 Å². The van der Waals surface area contributed by atoms with Crippen LogP contribution in [0.1, 0.15) is 39.0 Å². The van der Waals surface area contributed by atoms with E-state index in [1.165, 1.54) is 0 Å². The summed E-state index contributed by atoms with van der Waals surface area (Å²) in [6.45, 7) is 5.36. The van der Waals surface area contributed by atoms with E-state index in [2.05, 4.69) is 6.92 Å². The number of carbonyl (C=O) groups excluding carboxylic acids is 1. The molecule has 0 heterocycles. The Hall–Kier alpha value is -0.460. The standard InChI is InChI=1S/C8H15O/c1-3-4-5-6-7-8(2)9/h1,3-7H2,2H3/q+1. The summed E-state index contributed by atoms with van der Waals surface area (Å²) in [4.78, 5) is 10.4. The molecule has 9 heavy (non-hydrogen) atoms. The molecule has 0 bridgehead atoms. The van der Waals surface area contributed by atoms with Crippen LogP contribution in [0.15, 0.2) is 0 Å². The summed E-state index contributed by atoms with van der Waals surface area (Å²) in [5, 5.41) is 0. The minimum atomic E-state index is 0.305. The number of hydrogen-bond donors (Lipinski definition) is 0. The van der Waals surface area contributed by atoms with Crippen molar-refractivity contribution in [3.8, 4) is 0 Å². The molecule has 0 spiro atoms. The normalized spacial score (nSPS) is 9.44. The first kappa shape index (κ1) is 8.54. The molecule has 0 saturated carbocycles. The summed E-state index contributed by atoms with van der Waals surface area (Å²) in [7, 11) is 0. The molecule has 0 amide bonds. The van der Waals surface area contributed by atoms with Crippen molar-refractivity contribution < 1.29 is 4.79 Å². The molecule has 0 radical (unpaired) electrons. The Kier molecular flexibility index (Phi) is 5.38. The number of carbonyl (C=O) groups is 1. The molecule has 0 N–H and O–H groups in total. The molecule has 0 saturated heterocycles. The fourth-order valence-corrected chi connectivity index (χ4v) is 0.727. The first-order valence-electron chi connectivity index (χ1n) is 3.56. The van der Waals surface area contributed by atoms with Crippen molar-refractivity contribution in [1.82, 2.24) is 0 Å². The van der Waals surface area contributed by atoms with Gasteiger partial charge in [-0.1, -0.05) is 0 Å². The average molecular weight is 127 g/mol. The smallest absolute Gasteiger partial charge is 0.129 e. The molecule has 0 rings (SSSR count). The summed E-state index contributed by atoms with van der Waals surface area (Å²) in [6.07, 6.45) is 5.11.